The lowest BCUT2D eigenvalue weighted by Gasteiger charge is -1.96. The number of carbonyl (C=O) groups is 1. The first-order valence-corrected chi connectivity index (χ1v) is 3.10. The van der Waals surface area contributed by atoms with Crippen molar-refractivity contribution in [2.24, 2.45) is 5.73 Å². The van der Waals surface area contributed by atoms with E-state index < -0.39 is 6.03 Å². The average Bonchev–Trinajstić information content (AvgIpc) is 1.93. The van der Waals surface area contributed by atoms with Crippen LogP contribution in [-0.2, 0) is 0 Å². The molecule has 0 aliphatic rings. The number of nitrogens with one attached hydrogen (secondary N) is 1. The molecule has 11 heavy (non-hydrogen) atoms. The smallest absolute Gasteiger partial charge is 0.319 e. The molecule has 1 aromatic rings. The molecular formula is C5H5ClN4O. The van der Waals surface area contributed by atoms with Gasteiger partial charge in [-0.1, -0.05) is 11.6 Å². The molecule has 3 N–H and O–H groups in total. The van der Waals surface area contributed by atoms with Gasteiger partial charge >= 0.3 is 6.03 Å². The van der Waals surface area contributed by atoms with Crippen LogP contribution in [0.5, 0.6) is 0 Å². The van der Waals surface area contributed by atoms with Crippen LogP contribution in [0, 0.1) is 0 Å². The number of rotatable bonds is 1. The topological polar surface area (TPSA) is 80.9 Å². The average molecular weight is 173 g/mol. The minimum Gasteiger partial charge on any atom is -0.351 e. The molecule has 0 fully saturated rings. The van der Waals surface area contributed by atoms with Crippen LogP contribution in [0.2, 0.25) is 5.02 Å². The standard InChI is InChI=1S/C5H5ClN4O/c6-3-1-8-5(9-2-3)10-4(7)11/h1-2H,(H3,7,8,9,10,11). The Bertz CT molecular complexity index is 260. The number of primary amides is 1. The van der Waals surface area contributed by atoms with Crippen LogP contribution < -0.4 is 11.1 Å². The van der Waals surface area contributed by atoms with E-state index in [2.05, 4.69) is 15.3 Å². The lowest BCUT2D eigenvalue weighted by Crippen LogP contribution is -2.20. The van der Waals surface area contributed by atoms with Crippen LogP contribution in [0.1, 0.15) is 0 Å². The third-order valence-electron chi connectivity index (χ3n) is 0.855. The molecule has 0 unspecified atom stereocenters. The first-order valence-electron chi connectivity index (χ1n) is 2.72. The van der Waals surface area contributed by atoms with Gasteiger partial charge in [0.1, 0.15) is 0 Å². The number of hydrogen-bond donors (Lipinski definition) is 2. The minimum atomic E-state index is -0.702. The van der Waals surface area contributed by atoms with Crippen LogP contribution in [0.25, 0.3) is 0 Å². The molecule has 5 nitrogen and oxygen atoms in total. The summed E-state index contributed by atoms with van der Waals surface area (Å²) in [5, 5.41) is 2.59. The highest BCUT2D eigenvalue weighted by molar-refractivity contribution is 6.30. The van der Waals surface area contributed by atoms with Crippen molar-refractivity contribution in [2.45, 2.75) is 0 Å². The van der Waals surface area contributed by atoms with E-state index in [1.807, 2.05) is 0 Å². The van der Waals surface area contributed by atoms with E-state index in [0.717, 1.165) is 0 Å². The van der Waals surface area contributed by atoms with Gasteiger partial charge in [-0.3, -0.25) is 5.32 Å². The van der Waals surface area contributed by atoms with E-state index in [9.17, 15) is 4.79 Å². The molecule has 6 heteroatoms. The molecule has 1 aromatic heterocycles. The quantitative estimate of drug-likeness (QED) is 0.652. The summed E-state index contributed by atoms with van der Waals surface area (Å²) < 4.78 is 0. The second-order valence-corrected chi connectivity index (χ2v) is 2.15. The Labute approximate surface area is 67.6 Å². The first kappa shape index (κ1) is 7.74. The van der Waals surface area contributed by atoms with E-state index in [-0.39, 0.29) is 5.95 Å². The van der Waals surface area contributed by atoms with Crippen molar-refractivity contribution in [2.75, 3.05) is 5.32 Å². The maximum Gasteiger partial charge on any atom is 0.319 e. The zero-order valence-corrected chi connectivity index (χ0v) is 6.17. The van der Waals surface area contributed by atoms with E-state index in [0.29, 0.717) is 5.02 Å². The minimum absolute atomic E-state index is 0.141. The summed E-state index contributed by atoms with van der Waals surface area (Å²) in [5.41, 5.74) is 4.80. The van der Waals surface area contributed by atoms with Gasteiger partial charge in [-0.25, -0.2) is 14.8 Å². The Kier molecular flexibility index (Phi) is 2.22. The van der Waals surface area contributed by atoms with Crippen LogP contribution in [0.15, 0.2) is 12.4 Å². The molecule has 0 aliphatic carbocycles. The van der Waals surface area contributed by atoms with Gasteiger partial charge in [0.2, 0.25) is 5.95 Å². The number of urea groups is 1. The fourth-order valence-electron chi connectivity index (χ4n) is 0.487. The van der Waals surface area contributed by atoms with Gasteiger partial charge in [0.15, 0.2) is 0 Å². The molecule has 0 saturated heterocycles. The van der Waals surface area contributed by atoms with Gasteiger partial charge in [0.25, 0.3) is 0 Å². The lowest BCUT2D eigenvalue weighted by atomic mass is 10.7. The lowest BCUT2D eigenvalue weighted by molar-refractivity contribution is 0.259. The van der Waals surface area contributed by atoms with Gasteiger partial charge in [0.05, 0.1) is 17.4 Å². The predicted octanol–water partition coefficient (Wildman–Crippen LogP) is 0.621. The van der Waals surface area contributed by atoms with Crippen molar-refractivity contribution < 1.29 is 4.79 Å². The maximum atomic E-state index is 10.3. The Morgan fingerprint density at radius 1 is 1.55 bits per heavy atom. The maximum absolute atomic E-state index is 10.3. The summed E-state index contributed by atoms with van der Waals surface area (Å²) in [4.78, 5) is 17.6. The predicted molar refractivity (Wildman–Crippen MR) is 40.2 cm³/mol. The van der Waals surface area contributed by atoms with Gasteiger partial charge in [-0.15, -0.1) is 0 Å². The highest BCUT2D eigenvalue weighted by Gasteiger charge is 1.96. The number of anilines is 1. The van der Waals surface area contributed by atoms with Crippen molar-refractivity contribution in [3.05, 3.63) is 17.4 Å². The van der Waals surface area contributed by atoms with Gasteiger partial charge in [-0.2, -0.15) is 0 Å². The molecule has 0 aliphatic heterocycles. The molecule has 1 heterocycles. The van der Waals surface area contributed by atoms with Crippen LogP contribution in [0.3, 0.4) is 0 Å². The molecule has 0 aromatic carbocycles. The van der Waals surface area contributed by atoms with E-state index in [1.165, 1.54) is 12.4 Å². The van der Waals surface area contributed by atoms with Crippen molar-refractivity contribution in [3.63, 3.8) is 0 Å². The Hall–Kier alpha value is -1.36. The summed E-state index contributed by atoms with van der Waals surface area (Å²) in [6, 6.07) is -0.702. The Morgan fingerprint density at radius 2 is 2.09 bits per heavy atom. The fraction of sp³-hybridized carbons (Fsp3) is 0. The number of amides is 2. The molecule has 0 bridgehead atoms. The Balaban J connectivity index is 2.74. The molecule has 0 atom stereocenters. The molecule has 0 spiro atoms. The SMILES string of the molecule is NC(=O)Nc1ncc(Cl)cn1. The Morgan fingerprint density at radius 3 is 2.55 bits per heavy atom. The number of carbonyl (C=O) groups excluding carboxylic acids is 1. The first-order chi connectivity index (χ1) is 5.18. The summed E-state index contributed by atoms with van der Waals surface area (Å²) in [7, 11) is 0. The van der Waals surface area contributed by atoms with Crippen molar-refractivity contribution >= 4 is 23.6 Å². The highest BCUT2D eigenvalue weighted by atomic mass is 35.5. The van der Waals surface area contributed by atoms with Crippen LogP contribution in [-0.4, -0.2) is 16.0 Å². The van der Waals surface area contributed by atoms with Crippen molar-refractivity contribution in [1.29, 1.82) is 0 Å². The van der Waals surface area contributed by atoms with Crippen LogP contribution in [0.4, 0.5) is 10.7 Å². The van der Waals surface area contributed by atoms with E-state index in [1.54, 1.807) is 0 Å². The van der Waals surface area contributed by atoms with Crippen molar-refractivity contribution in [3.8, 4) is 0 Å². The summed E-state index contributed by atoms with van der Waals surface area (Å²) in [6.07, 6.45) is 2.72. The third kappa shape index (κ3) is 2.38. The van der Waals surface area contributed by atoms with E-state index >= 15 is 0 Å². The number of halogens is 1. The summed E-state index contributed by atoms with van der Waals surface area (Å²) >= 11 is 5.48. The molecular weight excluding hydrogens is 168 g/mol. The monoisotopic (exact) mass is 172 g/mol. The fourth-order valence-corrected chi connectivity index (χ4v) is 0.585. The highest BCUT2D eigenvalue weighted by Crippen LogP contribution is 2.04. The molecule has 1 rings (SSSR count). The molecule has 58 valence electrons. The number of nitrogens with two attached hydrogens (primary N) is 1. The zero-order valence-electron chi connectivity index (χ0n) is 5.41. The summed E-state index contributed by atoms with van der Waals surface area (Å²) in [5.74, 6) is 0.141. The van der Waals surface area contributed by atoms with Crippen molar-refractivity contribution in [1.82, 2.24) is 9.97 Å². The third-order valence-corrected chi connectivity index (χ3v) is 1.05. The largest absolute Gasteiger partial charge is 0.351 e. The molecule has 0 saturated carbocycles. The van der Waals surface area contributed by atoms with Crippen LogP contribution >= 0.6 is 11.6 Å². The second-order valence-electron chi connectivity index (χ2n) is 1.71. The number of nitrogens with zero attached hydrogens (tertiary/aromatic N) is 2. The zero-order chi connectivity index (χ0) is 8.27. The van der Waals surface area contributed by atoms with Gasteiger partial charge < -0.3 is 5.73 Å². The summed E-state index contributed by atoms with van der Waals surface area (Å²) in [6.45, 7) is 0. The van der Waals surface area contributed by atoms with Gasteiger partial charge in [-0.05, 0) is 0 Å². The molecule has 0 radical (unpaired) electrons. The normalized spacial score (nSPS) is 9.18. The number of aromatic nitrogens is 2. The van der Waals surface area contributed by atoms with E-state index in [4.69, 9.17) is 17.3 Å². The second kappa shape index (κ2) is 3.16. The molecule has 2 amide bonds. The van der Waals surface area contributed by atoms with Gasteiger partial charge in [0, 0.05) is 0 Å². The number of hydrogen-bond acceptors (Lipinski definition) is 3.